The third kappa shape index (κ3) is 2.15. The summed E-state index contributed by atoms with van der Waals surface area (Å²) in [6, 6.07) is 0. The Bertz CT molecular complexity index is 217. The topological polar surface area (TPSA) is 74.3 Å². The zero-order valence-corrected chi connectivity index (χ0v) is 6.93. The van der Waals surface area contributed by atoms with Crippen molar-refractivity contribution in [2.45, 2.75) is 18.4 Å². The van der Waals surface area contributed by atoms with E-state index in [1.165, 1.54) is 0 Å². The van der Waals surface area contributed by atoms with Gasteiger partial charge in [0.15, 0.2) is 9.84 Å². The molecule has 4 nitrogen and oxygen atoms in total. The van der Waals surface area contributed by atoms with E-state index in [-0.39, 0.29) is 24.3 Å². The van der Waals surface area contributed by atoms with Crippen molar-refractivity contribution in [2.75, 3.05) is 18.1 Å². The molecule has 1 N–H and O–H groups in total. The van der Waals surface area contributed by atoms with E-state index in [0.29, 0.717) is 0 Å². The molecule has 1 heterocycles. The van der Waals surface area contributed by atoms with Crippen molar-refractivity contribution in [3.8, 4) is 0 Å². The Kier molecular flexibility index (Phi) is 2.22. The summed E-state index contributed by atoms with van der Waals surface area (Å²) in [7, 11) is -2.96. The van der Waals surface area contributed by atoms with E-state index in [1.807, 2.05) is 0 Å². The number of hydrogen-bond acceptors (Lipinski definition) is 3. The standard InChI is InChI=1S/C6H11O4S/c7-5-6(8)1-3-11(9,10)4-2-6/h8H,1-5H2. The molecular formula is C6H11O4S. The van der Waals surface area contributed by atoms with Gasteiger partial charge in [-0.15, -0.1) is 0 Å². The van der Waals surface area contributed by atoms with Crippen LogP contribution < -0.4 is 0 Å². The fraction of sp³-hybridized carbons (Fsp3) is 1.00. The van der Waals surface area contributed by atoms with Crippen molar-refractivity contribution in [1.82, 2.24) is 0 Å². The van der Waals surface area contributed by atoms with Crippen LogP contribution in [0.5, 0.6) is 0 Å². The van der Waals surface area contributed by atoms with Gasteiger partial charge in [0.2, 0.25) is 0 Å². The molecule has 0 spiro atoms. The third-order valence-corrected chi connectivity index (χ3v) is 3.68. The molecule has 1 rings (SSSR count). The summed E-state index contributed by atoms with van der Waals surface area (Å²) in [5, 5.41) is 19.7. The number of sulfone groups is 1. The van der Waals surface area contributed by atoms with Gasteiger partial charge in [-0.3, -0.25) is 0 Å². The molecule has 0 bridgehead atoms. The fourth-order valence-electron chi connectivity index (χ4n) is 1.06. The minimum atomic E-state index is -2.96. The lowest BCUT2D eigenvalue weighted by Gasteiger charge is -2.28. The maximum atomic E-state index is 10.8. The average Bonchev–Trinajstić information content (AvgIpc) is 1.97. The van der Waals surface area contributed by atoms with Gasteiger partial charge >= 0.3 is 0 Å². The van der Waals surface area contributed by atoms with E-state index in [0.717, 1.165) is 0 Å². The Morgan fingerprint density at radius 3 is 2.09 bits per heavy atom. The van der Waals surface area contributed by atoms with Crippen LogP contribution in [0.15, 0.2) is 0 Å². The van der Waals surface area contributed by atoms with Gasteiger partial charge in [-0.2, -0.15) is 0 Å². The van der Waals surface area contributed by atoms with Crippen molar-refractivity contribution in [3.05, 3.63) is 0 Å². The number of rotatable bonds is 1. The lowest BCUT2D eigenvalue weighted by atomic mass is 9.98. The van der Waals surface area contributed by atoms with Crippen molar-refractivity contribution in [1.29, 1.82) is 0 Å². The van der Waals surface area contributed by atoms with E-state index in [4.69, 9.17) is 0 Å². The second kappa shape index (κ2) is 2.73. The highest BCUT2D eigenvalue weighted by Gasteiger charge is 2.35. The molecule has 0 unspecified atom stereocenters. The van der Waals surface area contributed by atoms with Gasteiger partial charge in [-0.1, -0.05) is 0 Å². The first-order valence-electron chi connectivity index (χ1n) is 3.48. The predicted molar refractivity (Wildman–Crippen MR) is 38.4 cm³/mol. The fourth-order valence-corrected chi connectivity index (χ4v) is 2.65. The molecule has 65 valence electrons. The smallest absolute Gasteiger partial charge is 0.150 e. The molecule has 0 atom stereocenters. The van der Waals surface area contributed by atoms with E-state index >= 15 is 0 Å². The van der Waals surface area contributed by atoms with Crippen molar-refractivity contribution in [2.24, 2.45) is 0 Å². The van der Waals surface area contributed by atoms with Crippen LogP contribution in [-0.2, 0) is 14.9 Å². The van der Waals surface area contributed by atoms with Crippen molar-refractivity contribution in [3.63, 3.8) is 0 Å². The lowest BCUT2D eigenvalue weighted by Crippen LogP contribution is -2.41. The van der Waals surface area contributed by atoms with E-state index in [9.17, 15) is 18.6 Å². The molecule has 0 amide bonds. The summed E-state index contributed by atoms with van der Waals surface area (Å²) in [5.41, 5.74) is -1.26. The maximum absolute atomic E-state index is 10.8. The first-order chi connectivity index (χ1) is 4.97. The Morgan fingerprint density at radius 1 is 1.27 bits per heavy atom. The van der Waals surface area contributed by atoms with E-state index in [1.54, 1.807) is 0 Å². The van der Waals surface area contributed by atoms with Crippen LogP contribution in [0.1, 0.15) is 12.8 Å². The van der Waals surface area contributed by atoms with Gasteiger partial charge in [0, 0.05) is 0 Å². The largest absolute Gasteiger partial charge is 0.387 e. The normalized spacial score (nSPS) is 28.2. The van der Waals surface area contributed by atoms with E-state index < -0.39 is 22.0 Å². The SMILES string of the molecule is [O]CC1(O)CCS(=O)(=O)CC1. The molecule has 0 aromatic heterocycles. The first-order valence-corrected chi connectivity index (χ1v) is 5.30. The summed E-state index contributed by atoms with van der Waals surface area (Å²) in [6.07, 6.45) is 0.192. The molecule has 1 aliphatic rings. The van der Waals surface area contributed by atoms with Crippen LogP contribution in [-0.4, -0.2) is 37.2 Å². The molecule has 1 aliphatic heterocycles. The number of aliphatic hydroxyl groups is 1. The van der Waals surface area contributed by atoms with Crippen LogP contribution in [0.25, 0.3) is 0 Å². The Balaban J connectivity index is 2.62. The Morgan fingerprint density at radius 2 is 1.73 bits per heavy atom. The summed E-state index contributed by atoms with van der Waals surface area (Å²) in [6.45, 7) is -0.595. The predicted octanol–water partition coefficient (Wildman–Crippen LogP) is -0.643. The van der Waals surface area contributed by atoms with Crippen LogP contribution in [0.4, 0.5) is 0 Å². The van der Waals surface area contributed by atoms with Crippen molar-refractivity contribution < 1.29 is 18.6 Å². The summed E-state index contributed by atoms with van der Waals surface area (Å²) >= 11 is 0. The second-order valence-corrected chi connectivity index (χ2v) is 5.32. The van der Waals surface area contributed by atoms with Gasteiger partial charge in [0.25, 0.3) is 0 Å². The summed E-state index contributed by atoms with van der Waals surface area (Å²) < 4.78 is 21.7. The molecule has 0 aliphatic carbocycles. The highest BCUT2D eigenvalue weighted by Crippen LogP contribution is 2.22. The van der Waals surface area contributed by atoms with Crippen LogP contribution in [0, 0.1) is 0 Å². The van der Waals surface area contributed by atoms with Gasteiger partial charge in [-0.25, -0.2) is 13.5 Å². The zero-order chi connectivity index (χ0) is 8.54. The van der Waals surface area contributed by atoms with Gasteiger partial charge in [-0.05, 0) is 12.8 Å². The minimum Gasteiger partial charge on any atom is -0.387 e. The molecule has 5 heteroatoms. The highest BCUT2D eigenvalue weighted by atomic mass is 32.2. The maximum Gasteiger partial charge on any atom is 0.150 e. The highest BCUT2D eigenvalue weighted by molar-refractivity contribution is 7.91. The molecule has 1 saturated heterocycles. The molecule has 0 saturated carbocycles. The molecular weight excluding hydrogens is 168 g/mol. The second-order valence-electron chi connectivity index (χ2n) is 3.02. The minimum absolute atomic E-state index is 0.0499. The van der Waals surface area contributed by atoms with Gasteiger partial charge < -0.3 is 5.11 Å². The lowest BCUT2D eigenvalue weighted by molar-refractivity contribution is -0.0458. The molecule has 1 fully saturated rings. The zero-order valence-electron chi connectivity index (χ0n) is 6.12. The number of hydrogen-bond donors (Lipinski definition) is 1. The van der Waals surface area contributed by atoms with Crippen LogP contribution >= 0.6 is 0 Å². The monoisotopic (exact) mass is 179 g/mol. The van der Waals surface area contributed by atoms with Crippen LogP contribution in [0.2, 0.25) is 0 Å². The van der Waals surface area contributed by atoms with Crippen molar-refractivity contribution >= 4 is 9.84 Å². The average molecular weight is 179 g/mol. The molecule has 0 aromatic rings. The van der Waals surface area contributed by atoms with Gasteiger partial charge in [0.1, 0.15) is 6.61 Å². The molecule has 1 radical (unpaired) electrons. The van der Waals surface area contributed by atoms with E-state index in [2.05, 4.69) is 0 Å². The van der Waals surface area contributed by atoms with Gasteiger partial charge in [0.05, 0.1) is 17.1 Å². The summed E-state index contributed by atoms with van der Waals surface area (Å²) in [4.78, 5) is 0. The Labute approximate surface area is 65.8 Å². The summed E-state index contributed by atoms with van der Waals surface area (Å²) in [5.74, 6) is -0.0997. The first kappa shape index (κ1) is 8.96. The third-order valence-electron chi connectivity index (χ3n) is 2.03. The molecule has 11 heavy (non-hydrogen) atoms. The quantitative estimate of drug-likeness (QED) is 0.581. The van der Waals surface area contributed by atoms with Crippen LogP contribution in [0.3, 0.4) is 0 Å². The Hall–Kier alpha value is -0.130. The molecule has 0 aromatic carbocycles.